The summed E-state index contributed by atoms with van der Waals surface area (Å²) >= 11 is 0. The van der Waals surface area contributed by atoms with Crippen LogP contribution in [0.5, 0.6) is 0 Å². The molecule has 0 aromatic carbocycles. The normalized spacial score (nSPS) is 45.7. The van der Waals surface area contributed by atoms with Gasteiger partial charge in [0.05, 0.1) is 58.4 Å². The van der Waals surface area contributed by atoms with E-state index in [1.165, 1.54) is 0 Å². The van der Waals surface area contributed by atoms with Crippen molar-refractivity contribution in [3.63, 3.8) is 0 Å². The zero-order valence-corrected chi connectivity index (χ0v) is 51.8. The molecule has 7 aliphatic heterocycles. The summed E-state index contributed by atoms with van der Waals surface area (Å²) in [7, 11) is 0. The first kappa shape index (κ1) is 80.3. The topological polar surface area (TPSA) is 699 Å². The molecule has 44 nitrogen and oxygen atoms in total. The number of carbonyl (C=O) groups is 5. The highest BCUT2D eigenvalue weighted by molar-refractivity contribution is 5.78. The molecule has 7 rings (SSSR count). The molecule has 0 aliphatic carbocycles. The van der Waals surface area contributed by atoms with Crippen molar-refractivity contribution in [1.29, 1.82) is 0 Å². The van der Waals surface area contributed by atoms with Crippen LogP contribution < -0.4 is 21.3 Å². The van der Waals surface area contributed by atoms with Gasteiger partial charge >= 0.3 is 5.97 Å². The third-order valence-electron chi connectivity index (χ3n) is 17.2. The lowest BCUT2D eigenvalue weighted by atomic mass is 9.88. The highest BCUT2D eigenvalue weighted by atomic mass is 16.8. The van der Waals surface area contributed by atoms with Gasteiger partial charge < -0.3 is 195 Å². The number of amides is 4. The summed E-state index contributed by atoms with van der Waals surface area (Å²) in [5.74, 6) is -9.29. The monoisotopic (exact) mass is 1420 g/mol. The fourth-order valence-corrected chi connectivity index (χ4v) is 12.2. The van der Waals surface area contributed by atoms with Crippen molar-refractivity contribution in [2.75, 3.05) is 52.9 Å². The average Bonchev–Trinajstić information content (AvgIpc) is 0.758. The van der Waals surface area contributed by atoms with Gasteiger partial charge in [0, 0.05) is 27.2 Å². The van der Waals surface area contributed by atoms with Crippen LogP contribution in [0.4, 0.5) is 0 Å². The Labute approximate surface area is 548 Å². The second-order valence-corrected chi connectivity index (χ2v) is 24.0. The second-order valence-electron chi connectivity index (χ2n) is 24.0. The predicted octanol–water partition coefficient (Wildman–Crippen LogP) is -17.5. The molecule has 0 bridgehead atoms. The van der Waals surface area contributed by atoms with Crippen LogP contribution in [0, 0.1) is 0 Å². The summed E-state index contributed by atoms with van der Waals surface area (Å²) in [6.07, 6.45) is -64.9. The van der Waals surface area contributed by atoms with Crippen LogP contribution in [0.15, 0.2) is 0 Å². The molecule has 97 heavy (non-hydrogen) atoms. The molecule has 7 fully saturated rings. The molecule has 4 amide bonds. The summed E-state index contributed by atoms with van der Waals surface area (Å²) in [5, 5.41) is 247. The summed E-state index contributed by atoms with van der Waals surface area (Å²) in [6, 6.07) is -7.30. The van der Waals surface area contributed by atoms with Gasteiger partial charge in [0.25, 0.3) is 5.79 Å². The van der Waals surface area contributed by atoms with Gasteiger partial charge in [-0.05, 0) is 0 Å². The Balaban J connectivity index is 1.08. The van der Waals surface area contributed by atoms with E-state index in [9.17, 15) is 136 Å². The highest BCUT2D eigenvalue weighted by Crippen LogP contribution is 2.40. The molecule has 0 spiro atoms. The minimum absolute atomic E-state index is 0.873. The largest absolute Gasteiger partial charge is 0.477 e. The molecule has 0 radical (unpaired) electrons. The molecule has 0 aromatic rings. The maximum atomic E-state index is 13.1. The fraction of sp³-hybridized carbons (Fsp3) is 0.906. The quantitative estimate of drug-likeness (QED) is 0.0363. The average molecular weight is 1420 g/mol. The van der Waals surface area contributed by atoms with Crippen molar-refractivity contribution >= 4 is 29.6 Å². The summed E-state index contributed by atoms with van der Waals surface area (Å²) in [4.78, 5) is 63.2. The Morgan fingerprint density at radius 3 is 1.35 bits per heavy atom. The molecule has 1 unspecified atom stereocenters. The Morgan fingerprint density at radius 2 is 0.866 bits per heavy atom. The van der Waals surface area contributed by atoms with E-state index in [2.05, 4.69) is 21.3 Å². The molecule has 7 saturated heterocycles. The Kier molecular flexibility index (Phi) is 28.8. The smallest absolute Gasteiger partial charge is 0.364 e. The Morgan fingerprint density at radius 1 is 0.443 bits per heavy atom. The number of carboxylic acids is 1. The molecule has 36 atom stereocenters. The maximum absolute atomic E-state index is 13.1. The molecular formula is C53H88N4O40. The number of hydrogen-bond donors (Lipinski definition) is 26. The van der Waals surface area contributed by atoms with Crippen molar-refractivity contribution in [1.82, 2.24) is 21.3 Å². The lowest BCUT2D eigenvalue weighted by Gasteiger charge is -2.51. The standard InChI is InChI=1S/C53H88N4O40/c1-13(65)54-26-34(76)40(93-51-39(81)45(32(74)20(8-61)89-51)97-53(52(83)84)4-16(68)25(57-24(70)11-64)43(96-53)29(71)17(69)5-58)21(9-62)90-47(26)85-12-23-33(75)42(28(46(82)86-23)56-15(3)67)94-50-38(80)44(31(73)19(7-60)88-50)95-48-27(55-14(2)66)35(77)41(22(10-63)91-48)92-49-37(79)36(78)30(72)18(6-59)87-49/h16-23,25-51,58-64,68-69,71-82H,4-12H2,1-3H3,(H,54,65)(H,55,66)(H,56,67)(H,57,70)(H,83,84)/t16-,17+,18+,19+,20+,21+,22+,23+,25+,26+,27+,28+,29+,30-,31-,32-,33-,34+,35-,36-,37+,38+,39+,40+,41+,42+,43+,44-,45-,46?,47+,48-,49-,50-,51-,53-/m0/s1. The SMILES string of the molecule is CC(=O)N[C@H]1[C@H](OC[C@H]2OC(O)[C@H](NC(C)=O)[C@@H](O[C@@H]3O[C@H](CO)[C@H](O)[C@H](O[C@@H]4O[C@H](CO)[C@@H](O[C@@H]5O[C@H](CO)[C@H](O)[C@H](O)[C@H]5O)[C@@H](O)[C@H]4NC(C)=O)[C@H]3O)[C@H]2O)O[C@H](CO)[C@@H](O[C@@H]2O[C@H](CO)[C@H](O)[C@H](O[C@]3(C(=O)O)C[C@H](O)[C@@H](NC(=O)CO)[C@H]([C@H](O)[C@H](O)CO)O3)[C@H]2O)[C@@H]1O. The van der Waals surface area contributed by atoms with Crippen LogP contribution in [-0.2, 0) is 85.6 Å². The van der Waals surface area contributed by atoms with Gasteiger partial charge in [0.2, 0.25) is 23.6 Å². The highest BCUT2D eigenvalue weighted by Gasteiger charge is 2.62. The molecule has 44 heteroatoms. The lowest BCUT2D eigenvalue weighted by molar-refractivity contribution is -0.384. The van der Waals surface area contributed by atoms with E-state index in [1.807, 2.05) is 0 Å². The van der Waals surface area contributed by atoms with E-state index >= 15 is 0 Å². The van der Waals surface area contributed by atoms with Crippen LogP contribution >= 0.6 is 0 Å². The number of carboxylic acid groups (broad SMARTS) is 1. The first-order chi connectivity index (χ1) is 45.7. The van der Waals surface area contributed by atoms with E-state index in [0.717, 1.165) is 20.8 Å². The van der Waals surface area contributed by atoms with E-state index < -0.39 is 309 Å². The summed E-state index contributed by atoms with van der Waals surface area (Å²) < 4.78 is 74.8. The summed E-state index contributed by atoms with van der Waals surface area (Å²) in [5.41, 5.74) is 0. The number of nitrogens with one attached hydrogen (secondary N) is 4. The second kappa shape index (κ2) is 34.8. The molecule has 7 heterocycles. The number of aliphatic hydroxyl groups excluding tert-OH is 21. The van der Waals surface area contributed by atoms with Crippen LogP contribution in [-0.4, -0.2) is 415 Å². The maximum Gasteiger partial charge on any atom is 0.364 e. The first-order valence-electron chi connectivity index (χ1n) is 30.4. The number of hydrogen-bond acceptors (Lipinski definition) is 39. The van der Waals surface area contributed by atoms with Crippen molar-refractivity contribution in [2.24, 2.45) is 0 Å². The van der Waals surface area contributed by atoms with Crippen molar-refractivity contribution in [3.8, 4) is 0 Å². The number of ether oxygens (including phenoxy) is 13. The van der Waals surface area contributed by atoms with E-state index in [0.29, 0.717) is 0 Å². The minimum atomic E-state index is -3.28. The number of aliphatic carboxylic acids is 1. The molecule has 0 aromatic heterocycles. The Hall–Kier alpha value is -4.01. The third-order valence-corrected chi connectivity index (χ3v) is 17.2. The van der Waals surface area contributed by atoms with Crippen LogP contribution in [0.25, 0.3) is 0 Å². The van der Waals surface area contributed by atoms with Crippen LogP contribution in [0.3, 0.4) is 0 Å². The lowest BCUT2D eigenvalue weighted by Crippen LogP contribution is -2.71. The van der Waals surface area contributed by atoms with E-state index in [1.54, 1.807) is 0 Å². The summed E-state index contributed by atoms with van der Waals surface area (Å²) in [6.45, 7) is -5.82. The van der Waals surface area contributed by atoms with Crippen molar-refractivity contribution < 1.29 is 198 Å². The fourth-order valence-electron chi connectivity index (χ4n) is 12.2. The Bertz CT molecular complexity index is 2560. The van der Waals surface area contributed by atoms with Crippen LogP contribution in [0.2, 0.25) is 0 Å². The van der Waals surface area contributed by atoms with Crippen molar-refractivity contribution in [2.45, 2.75) is 247 Å². The van der Waals surface area contributed by atoms with Gasteiger partial charge in [-0.25, -0.2) is 4.79 Å². The molecule has 26 N–H and O–H groups in total. The van der Waals surface area contributed by atoms with Gasteiger partial charge in [-0.3, -0.25) is 19.2 Å². The van der Waals surface area contributed by atoms with Gasteiger partial charge in [-0.1, -0.05) is 0 Å². The molecule has 0 saturated carbocycles. The number of rotatable bonds is 27. The molecular weight excluding hydrogens is 1330 g/mol. The number of aliphatic hydroxyl groups is 21. The molecule has 560 valence electrons. The number of carbonyl (C=O) groups excluding carboxylic acids is 4. The zero-order valence-electron chi connectivity index (χ0n) is 51.8. The van der Waals surface area contributed by atoms with E-state index in [-0.39, 0.29) is 0 Å². The van der Waals surface area contributed by atoms with Gasteiger partial charge in [-0.2, -0.15) is 0 Å². The van der Waals surface area contributed by atoms with Gasteiger partial charge in [0.15, 0.2) is 37.7 Å². The van der Waals surface area contributed by atoms with Gasteiger partial charge in [0.1, 0.15) is 171 Å². The predicted molar refractivity (Wildman–Crippen MR) is 297 cm³/mol. The van der Waals surface area contributed by atoms with Crippen LogP contribution in [0.1, 0.15) is 27.2 Å². The van der Waals surface area contributed by atoms with Crippen molar-refractivity contribution in [3.05, 3.63) is 0 Å². The van der Waals surface area contributed by atoms with E-state index in [4.69, 9.17) is 61.6 Å². The van der Waals surface area contributed by atoms with Gasteiger partial charge in [-0.15, -0.1) is 0 Å². The minimum Gasteiger partial charge on any atom is -0.477 e. The first-order valence-corrected chi connectivity index (χ1v) is 30.4. The third kappa shape index (κ3) is 17.9. The zero-order chi connectivity index (χ0) is 72.0. The molecule has 7 aliphatic rings.